The molecule has 0 aromatic heterocycles. The number of carbonyl (C=O) groups excluding carboxylic acids is 2. The van der Waals surface area contributed by atoms with E-state index in [2.05, 4.69) is 31.8 Å². The minimum absolute atomic E-state index is 0.171. The number of carbonyl (C=O) groups is 2. The number of halogens is 1. The SMILES string of the molecule is COc1ccc(Br)cc1/C=N/NC(=O)CNC(=O)COc1cccc(C)c1. The van der Waals surface area contributed by atoms with Crippen LogP contribution in [0.4, 0.5) is 0 Å². The van der Waals surface area contributed by atoms with Gasteiger partial charge in [0.2, 0.25) is 0 Å². The van der Waals surface area contributed by atoms with Crippen molar-refractivity contribution in [3.8, 4) is 11.5 Å². The number of hydrogen-bond donors (Lipinski definition) is 2. The van der Waals surface area contributed by atoms with Gasteiger partial charge in [0.15, 0.2) is 6.61 Å². The molecule has 2 amide bonds. The fourth-order valence-corrected chi connectivity index (χ4v) is 2.48. The molecule has 2 aromatic carbocycles. The molecule has 0 bridgehead atoms. The van der Waals surface area contributed by atoms with Crippen molar-refractivity contribution >= 4 is 34.0 Å². The molecule has 0 radical (unpaired) electrons. The van der Waals surface area contributed by atoms with Gasteiger partial charge in [0.1, 0.15) is 11.5 Å². The number of nitrogens with zero attached hydrogens (tertiary/aromatic N) is 1. The number of hydrogen-bond acceptors (Lipinski definition) is 5. The molecule has 0 aliphatic rings. The standard InChI is InChI=1S/C19H20BrN3O4/c1-13-4-3-5-16(8-13)27-12-19(25)21-11-18(24)23-22-10-14-9-15(20)6-7-17(14)26-2/h3-10H,11-12H2,1-2H3,(H,21,25)(H,23,24)/b22-10+. The Kier molecular flexibility index (Phi) is 7.81. The quantitative estimate of drug-likeness (QED) is 0.494. The molecular weight excluding hydrogens is 414 g/mol. The fraction of sp³-hybridized carbons (Fsp3) is 0.211. The highest BCUT2D eigenvalue weighted by Gasteiger charge is 2.06. The van der Waals surface area contributed by atoms with Crippen molar-refractivity contribution < 1.29 is 19.1 Å². The molecule has 27 heavy (non-hydrogen) atoms. The summed E-state index contributed by atoms with van der Waals surface area (Å²) in [6, 6.07) is 12.8. The van der Waals surface area contributed by atoms with E-state index in [0.29, 0.717) is 17.1 Å². The normalized spacial score (nSPS) is 10.5. The predicted molar refractivity (Wildman–Crippen MR) is 106 cm³/mol. The van der Waals surface area contributed by atoms with Gasteiger partial charge in [0, 0.05) is 10.0 Å². The monoisotopic (exact) mass is 433 g/mol. The van der Waals surface area contributed by atoms with Crippen LogP contribution in [-0.4, -0.2) is 38.3 Å². The summed E-state index contributed by atoms with van der Waals surface area (Å²) in [7, 11) is 1.55. The number of aryl methyl sites for hydroxylation is 1. The van der Waals surface area contributed by atoms with E-state index in [1.165, 1.54) is 6.21 Å². The van der Waals surface area contributed by atoms with Crippen molar-refractivity contribution in [3.63, 3.8) is 0 Å². The molecule has 0 atom stereocenters. The maximum atomic E-state index is 11.8. The van der Waals surface area contributed by atoms with E-state index in [0.717, 1.165) is 10.0 Å². The summed E-state index contributed by atoms with van der Waals surface area (Å²) in [6.07, 6.45) is 1.46. The summed E-state index contributed by atoms with van der Waals surface area (Å²) in [5.41, 5.74) is 4.07. The number of benzene rings is 2. The number of ether oxygens (including phenoxy) is 2. The van der Waals surface area contributed by atoms with Gasteiger partial charge in [-0.2, -0.15) is 5.10 Å². The smallest absolute Gasteiger partial charge is 0.259 e. The van der Waals surface area contributed by atoms with Gasteiger partial charge in [-0.05, 0) is 42.8 Å². The average Bonchev–Trinajstić information content (AvgIpc) is 2.65. The second-order valence-corrected chi connectivity index (χ2v) is 6.48. The highest BCUT2D eigenvalue weighted by molar-refractivity contribution is 9.10. The van der Waals surface area contributed by atoms with E-state index in [1.54, 1.807) is 25.3 Å². The highest BCUT2D eigenvalue weighted by atomic mass is 79.9. The zero-order valence-electron chi connectivity index (χ0n) is 15.0. The minimum Gasteiger partial charge on any atom is -0.496 e. The minimum atomic E-state index is -0.455. The first-order valence-corrected chi connectivity index (χ1v) is 8.89. The Bertz CT molecular complexity index is 839. The molecule has 0 spiro atoms. The number of nitrogens with one attached hydrogen (secondary N) is 2. The van der Waals surface area contributed by atoms with Gasteiger partial charge in [0.25, 0.3) is 11.8 Å². The van der Waals surface area contributed by atoms with Crippen LogP contribution in [0.15, 0.2) is 52.0 Å². The molecule has 0 saturated carbocycles. The molecule has 142 valence electrons. The zero-order chi connectivity index (χ0) is 19.6. The first kappa shape index (κ1) is 20.4. The van der Waals surface area contributed by atoms with E-state index in [-0.39, 0.29) is 13.2 Å². The lowest BCUT2D eigenvalue weighted by Crippen LogP contribution is -2.37. The van der Waals surface area contributed by atoms with Crippen molar-refractivity contribution in [2.24, 2.45) is 5.10 Å². The van der Waals surface area contributed by atoms with Crippen LogP contribution < -0.4 is 20.2 Å². The summed E-state index contributed by atoms with van der Waals surface area (Å²) in [5, 5.41) is 6.33. The van der Waals surface area contributed by atoms with Crippen molar-refractivity contribution in [2.45, 2.75) is 6.92 Å². The van der Waals surface area contributed by atoms with Crippen LogP contribution in [-0.2, 0) is 9.59 Å². The Labute approximate surface area is 165 Å². The lowest BCUT2D eigenvalue weighted by atomic mass is 10.2. The van der Waals surface area contributed by atoms with Gasteiger partial charge < -0.3 is 14.8 Å². The molecule has 0 heterocycles. The van der Waals surface area contributed by atoms with Crippen molar-refractivity contribution in [1.82, 2.24) is 10.7 Å². The van der Waals surface area contributed by atoms with E-state index in [4.69, 9.17) is 9.47 Å². The Balaban J connectivity index is 1.74. The zero-order valence-corrected chi connectivity index (χ0v) is 16.6. The number of amides is 2. The summed E-state index contributed by atoms with van der Waals surface area (Å²) >= 11 is 3.36. The summed E-state index contributed by atoms with van der Waals surface area (Å²) in [6.45, 7) is 1.56. The van der Waals surface area contributed by atoms with E-state index < -0.39 is 11.8 Å². The molecule has 2 aromatic rings. The van der Waals surface area contributed by atoms with Gasteiger partial charge in [0.05, 0.1) is 19.9 Å². The van der Waals surface area contributed by atoms with E-state index in [9.17, 15) is 9.59 Å². The van der Waals surface area contributed by atoms with Gasteiger partial charge in [-0.15, -0.1) is 0 Å². The molecule has 7 nitrogen and oxygen atoms in total. The van der Waals surface area contributed by atoms with E-state index in [1.807, 2.05) is 31.2 Å². The average molecular weight is 434 g/mol. The number of methoxy groups -OCH3 is 1. The molecule has 0 aliphatic heterocycles. The third-order valence-corrected chi connectivity index (χ3v) is 3.88. The Morgan fingerprint density at radius 2 is 2.00 bits per heavy atom. The van der Waals surface area contributed by atoms with Crippen LogP contribution >= 0.6 is 15.9 Å². The third-order valence-electron chi connectivity index (χ3n) is 3.39. The van der Waals surface area contributed by atoms with Gasteiger partial charge in [-0.3, -0.25) is 9.59 Å². The number of hydrazone groups is 1. The van der Waals surface area contributed by atoms with Crippen molar-refractivity contribution in [3.05, 3.63) is 58.1 Å². The van der Waals surface area contributed by atoms with Gasteiger partial charge in [-0.25, -0.2) is 5.43 Å². The number of rotatable bonds is 8. The van der Waals surface area contributed by atoms with Crippen LogP contribution in [0.25, 0.3) is 0 Å². The largest absolute Gasteiger partial charge is 0.496 e. The second kappa shape index (κ2) is 10.3. The molecule has 0 fully saturated rings. The van der Waals surface area contributed by atoms with E-state index >= 15 is 0 Å². The second-order valence-electron chi connectivity index (χ2n) is 5.56. The summed E-state index contributed by atoms with van der Waals surface area (Å²) < 4.78 is 11.4. The predicted octanol–water partition coefficient (Wildman–Crippen LogP) is 2.41. The van der Waals surface area contributed by atoms with Gasteiger partial charge in [-0.1, -0.05) is 28.1 Å². The maximum absolute atomic E-state index is 11.8. The maximum Gasteiger partial charge on any atom is 0.259 e. The summed E-state index contributed by atoms with van der Waals surface area (Å²) in [4.78, 5) is 23.5. The Morgan fingerprint density at radius 1 is 1.19 bits per heavy atom. The van der Waals surface area contributed by atoms with Crippen molar-refractivity contribution in [1.29, 1.82) is 0 Å². The Morgan fingerprint density at radius 3 is 2.74 bits per heavy atom. The lowest BCUT2D eigenvalue weighted by Gasteiger charge is -2.07. The van der Waals surface area contributed by atoms with Crippen LogP contribution in [0.2, 0.25) is 0 Å². The van der Waals surface area contributed by atoms with Crippen LogP contribution in [0.1, 0.15) is 11.1 Å². The van der Waals surface area contributed by atoms with Crippen LogP contribution in [0.3, 0.4) is 0 Å². The molecule has 2 N–H and O–H groups in total. The first-order chi connectivity index (χ1) is 13.0. The summed E-state index contributed by atoms with van der Waals surface area (Å²) in [5.74, 6) is 0.369. The molecule has 2 rings (SSSR count). The van der Waals surface area contributed by atoms with Crippen LogP contribution in [0, 0.1) is 6.92 Å². The highest BCUT2D eigenvalue weighted by Crippen LogP contribution is 2.21. The molecule has 0 aliphatic carbocycles. The third kappa shape index (κ3) is 7.10. The molecular formula is C19H20BrN3O4. The fourth-order valence-electron chi connectivity index (χ4n) is 2.10. The van der Waals surface area contributed by atoms with Gasteiger partial charge >= 0.3 is 0 Å². The topological polar surface area (TPSA) is 89.0 Å². The lowest BCUT2D eigenvalue weighted by molar-refractivity contribution is -0.127. The molecule has 0 unspecified atom stereocenters. The molecule has 0 saturated heterocycles. The first-order valence-electron chi connectivity index (χ1n) is 8.09. The van der Waals surface area contributed by atoms with Crippen molar-refractivity contribution in [2.75, 3.05) is 20.3 Å². The Hall–Kier alpha value is -2.87. The molecule has 8 heteroatoms. The van der Waals surface area contributed by atoms with Crippen LogP contribution in [0.5, 0.6) is 11.5 Å².